The van der Waals surface area contributed by atoms with Crippen LogP contribution >= 0.6 is 0 Å². The SMILES string of the molecule is CCCc1ccc(CN2CCC[C@@H](c3nnc(Cn4ccnc4)n3C)C2)o1. The Labute approximate surface area is 160 Å². The van der Waals surface area contributed by atoms with Gasteiger partial charge in [0.15, 0.2) is 5.82 Å². The topological polar surface area (TPSA) is 64.9 Å². The van der Waals surface area contributed by atoms with E-state index in [1.807, 2.05) is 17.1 Å². The number of hydrogen-bond acceptors (Lipinski definition) is 5. The maximum atomic E-state index is 5.97. The van der Waals surface area contributed by atoms with Crippen molar-refractivity contribution in [3.05, 3.63) is 54.0 Å². The van der Waals surface area contributed by atoms with Gasteiger partial charge in [-0.25, -0.2) is 4.98 Å². The number of imidazole rings is 1. The molecular formula is C20H28N6O. The Morgan fingerprint density at radius 2 is 2.07 bits per heavy atom. The number of nitrogens with zero attached hydrogens (tertiary/aromatic N) is 6. The van der Waals surface area contributed by atoms with E-state index >= 15 is 0 Å². The highest BCUT2D eigenvalue weighted by Crippen LogP contribution is 2.27. The zero-order valence-corrected chi connectivity index (χ0v) is 16.2. The van der Waals surface area contributed by atoms with Crippen LogP contribution in [0.15, 0.2) is 35.3 Å². The molecule has 0 radical (unpaired) electrons. The molecule has 0 N–H and O–H groups in total. The summed E-state index contributed by atoms with van der Waals surface area (Å²) in [4.78, 5) is 6.58. The first-order valence-corrected chi connectivity index (χ1v) is 9.86. The number of hydrogen-bond donors (Lipinski definition) is 0. The van der Waals surface area contributed by atoms with E-state index in [-0.39, 0.29) is 0 Å². The molecular weight excluding hydrogens is 340 g/mol. The van der Waals surface area contributed by atoms with Gasteiger partial charge in [-0.2, -0.15) is 0 Å². The molecule has 0 spiro atoms. The second kappa shape index (κ2) is 8.08. The van der Waals surface area contributed by atoms with E-state index in [0.717, 1.165) is 62.1 Å². The lowest BCUT2D eigenvalue weighted by atomic mass is 9.97. The minimum absolute atomic E-state index is 0.415. The third kappa shape index (κ3) is 4.13. The molecule has 1 aliphatic heterocycles. The van der Waals surface area contributed by atoms with Gasteiger partial charge in [-0.15, -0.1) is 10.2 Å². The van der Waals surface area contributed by atoms with E-state index in [0.29, 0.717) is 12.5 Å². The van der Waals surface area contributed by atoms with Gasteiger partial charge in [0, 0.05) is 38.3 Å². The van der Waals surface area contributed by atoms with Gasteiger partial charge in [-0.1, -0.05) is 6.92 Å². The first-order chi connectivity index (χ1) is 13.2. The van der Waals surface area contributed by atoms with Crippen LogP contribution in [0.25, 0.3) is 0 Å². The molecule has 1 aliphatic rings. The zero-order chi connectivity index (χ0) is 18.6. The van der Waals surface area contributed by atoms with Gasteiger partial charge in [0.1, 0.15) is 17.3 Å². The third-order valence-corrected chi connectivity index (χ3v) is 5.35. The van der Waals surface area contributed by atoms with Crippen LogP contribution in [-0.2, 0) is 26.6 Å². The van der Waals surface area contributed by atoms with Crippen LogP contribution in [0.4, 0.5) is 0 Å². The summed E-state index contributed by atoms with van der Waals surface area (Å²) in [6, 6.07) is 4.24. The van der Waals surface area contributed by atoms with Crippen LogP contribution in [0.2, 0.25) is 0 Å². The Bertz CT molecular complexity index is 850. The van der Waals surface area contributed by atoms with Crippen molar-refractivity contribution < 1.29 is 4.42 Å². The fourth-order valence-electron chi connectivity index (χ4n) is 3.93. The highest BCUT2D eigenvalue weighted by Gasteiger charge is 2.26. The van der Waals surface area contributed by atoms with Crippen molar-refractivity contribution in [3.8, 4) is 0 Å². The van der Waals surface area contributed by atoms with E-state index in [1.54, 1.807) is 6.20 Å². The predicted molar refractivity (Wildman–Crippen MR) is 102 cm³/mol. The number of aryl methyl sites for hydroxylation is 1. The average Bonchev–Trinajstić information content (AvgIpc) is 3.40. The summed E-state index contributed by atoms with van der Waals surface area (Å²) in [5.41, 5.74) is 0. The molecule has 1 atom stereocenters. The van der Waals surface area contributed by atoms with Crippen molar-refractivity contribution in [1.82, 2.24) is 29.2 Å². The molecule has 27 heavy (non-hydrogen) atoms. The highest BCUT2D eigenvalue weighted by molar-refractivity contribution is 5.09. The van der Waals surface area contributed by atoms with Crippen molar-refractivity contribution in [1.29, 1.82) is 0 Å². The minimum atomic E-state index is 0.415. The van der Waals surface area contributed by atoms with Crippen molar-refractivity contribution in [2.45, 2.75) is 51.6 Å². The maximum Gasteiger partial charge on any atom is 0.152 e. The fraction of sp³-hybridized carbons (Fsp3) is 0.550. The van der Waals surface area contributed by atoms with Gasteiger partial charge in [0.25, 0.3) is 0 Å². The molecule has 0 unspecified atom stereocenters. The summed E-state index contributed by atoms with van der Waals surface area (Å²) in [5.74, 6) is 4.63. The smallest absolute Gasteiger partial charge is 0.152 e. The lowest BCUT2D eigenvalue weighted by molar-refractivity contribution is 0.181. The number of piperidine rings is 1. The molecule has 3 aromatic heterocycles. The van der Waals surface area contributed by atoms with Crippen LogP contribution in [0.3, 0.4) is 0 Å². The van der Waals surface area contributed by atoms with Gasteiger partial charge >= 0.3 is 0 Å². The predicted octanol–water partition coefficient (Wildman–Crippen LogP) is 2.99. The summed E-state index contributed by atoms with van der Waals surface area (Å²) >= 11 is 0. The molecule has 3 aromatic rings. The molecule has 4 rings (SSSR count). The summed E-state index contributed by atoms with van der Waals surface area (Å²) in [7, 11) is 2.07. The normalized spacial score (nSPS) is 18.2. The van der Waals surface area contributed by atoms with E-state index in [1.165, 1.54) is 6.42 Å². The summed E-state index contributed by atoms with van der Waals surface area (Å²) in [5, 5.41) is 8.94. The summed E-state index contributed by atoms with van der Waals surface area (Å²) in [6.07, 6.45) is 10.0. The van der Waals surface area contributed by atoms with Crippen molar-refractivity contribution in [3.63, 3.8) is 0 Å². The Kier molecular flexibility index (Phi) is 5.38. The monoisotopic (exact) mass is 368 g/mol. The number of furan rings is 1. The van der Waals surface area contributed by atoms with E-state index in [2.05, 4.69) is 50.8 Å². The molecule has 0 aliphatic carbocycles. The Morgan fingerprint density at radius 1 is 1.19 bits per heavy atom. The second-order valence-electron chi connectivity index (χ2n) is 7.46. The van der Waals surface area contributed by atoms with Gasteiger partial charge in [0.2, 0.25) is 0 Å². The minimum Gasteiger partial charge on any atom is -0.465 e. The van der Waals surface area contributed by atoms with E-state index < -0.39 is 0 Å². The van der Waals surface area contributed by atoms with Gasteiger partial charge in [0.05, 0.1) is 19.4 Å². The Balaban J connectivity index is 1.41. The molecule has 0 saturated carbocycles. The van der Waals surface area contributed by atoms with Crippen molar-refractivity contribution >= 4 is 0 Å². The number of rotatable bonds is 7. The number of aromatic nitrogens is 5. The van der Waals surface area contributed by atoms with Gasteiger partial charge in [-0.3, -0.25) is 4.90 Å². The Hall–Kier alpha value is -2.41. The van der Waals surface area contributed by atoms with Crippen LogP contribution in [0.5, 0.6) is 0 Å². The lowest BCUT2D eigenvalue weighted by Crippen LogP contribution is -2.34. The van der Waals surface area contributed by atoms with E-state index in [9.17, 15) is 0 Å². The summed E-state index contributed by atoms with van der Waals surface area (Å²) in [6.45, 7) is 5.87. The molecule has 7 heteroatoms. The van der Waals surface area contributed by atoms with Crippen LogP contribution in [0.1, 0.15) is 55.3 Å². The van der Waals surface area contributed by atoms with Gasteiger partial charge < -0.3 is 13.6 Å². The molecule has 144 valence electrons. The van der Waals surface area contributed by atoms with Crippen molar-refractivity contribution in [2.24, 2.45) is 7.05 Å². The Morgan fingerprint density at radius 3 is 2.89 bits per heavy atom. The van der Waals surface area contributed by atoms with Crippen LogP contribution < -0.4 is 0 Å². The fourth-order valence-corrected chi connectivity index (χ4v) is 3.93. The first kappa shape index (κ1) is 18.0. The molecule has 0 amide bonds. The van der Waals surface area contributed by atoms with E-state index in [4.69, 9.17) is 4.42 Å². The largest absolute Gasteiger partial charge is 0.465 e. The average molecular weight is 368 g/mol. The van der Waals surface area contributed by atoms with Gasteiger partial charge in [-0.05, 0) is 37.9 Å². The summed E-state index contributed by atoms with van der Waals surface area (Å²) < 4.78 is 10.1. The molecule has 4 heterocycles. The highest BCUT2D eigenvalue weighted by atomic mass is 16.3. The third-order valence-electron chi connectivity index (χ3n) is 5.35. The van der Waals surface area contributed by atoms with Crippen LogP contribution in [0, 0.1) is 0 Å². The maximum absolute atomic E-state index is 5.97. The molecule has 1 fully saturated rings. The molecule has 7 nitrogen and oxygen atoms in total. The quantitative estimate of drug-likeness (QED) is 0.641. The lowest BCUT2D eigenvalue weighted by Gasteiger charge is -2.31. The first-order valence-electron chi connectivity index (χ1n) is 9.86. The second-order valence-corrected chi connectivity index (χ2v) is 7.46. The van der Waals surface area contributed by atoms with Crippen molar-refractivity contribution in [2.75, 3.05) is 13.1 Å². The number of likely N-dealkylation sites (tertiary alicyclic amines) is 1. The molecule has 1 saturated heterocycles. The zero-order valence-electron chi connectivity index (χ0n) is 16.2. The molecule has 0 aromatic carbocycles. The standard InChI is InChI=1S/C20H28N6O/c1-3-5-17-7-8-18(27-17)13-25-10-4-6-16(12-25)20-23-22-19(24(20)2)14-26-11-9-21-15-26/h7-9,11,15-16H,3-6,10,12-14H2,1-2H3/t16-/m1/s1. The molecule has 0 bridgehead atoms. The van der Waals surface area contributed by atoms with Crippen LogP contribution in [-0.4, -0.2) is 42.3 Å².